The van der Waals surface area contributed by atoms with Gasteiger partial charge in [-0.3, -0.25) is 9.59 Å². The minimum absolute atomic E-state index is 0.00962. The van der Waals surface area contributed by atoms with Gasteiger partial charge in [-0.1, -0.05) is 17.7 Å². The van der Waals surface area contributed by atoms with Crippen molar-refractivity contribution in [2.75, 3.05) is 40.0 Å². The summed E-state index contributed by atoms with van der Waals surface area (Å²) in [6.45, 7) is 4.53. The second-order valence-electron chi connectivity index (χ2n) is 6.39. The van der Waals surface area contributed by atoms with Crippen molar-refractivity contribution in [3.05, 3.63) is 29.8 Å². The third kappa shape index (κ3) is 6.38. The number of nitrogens with zero attached hydrogens (tertiary/aromatic N) is 1. The van der Waals surface area contributed by atoms with Gasteiger partial charge in [0.1, 0.15) is 5.75 Å². The van der Waals surface area contributed by atoms with Gasteiger partial charge in [-0.2, -0.15) is 0 Å². The molecule has 2 amide bonds. The van der Waals surface area contributed by atoms with E-state index in [1.807, 2.05) is 31.2 Å². The molecule has 0 atom stereocenters. The van der Waals surface area contributed by atoms with Gasteiger partial charge in [0.2, 0.25) is 5.91 Å². The summed E-state index contributed by atoms with van der Waals surface area (Å²) in [5, 5.41) is 2.94. The van der Waals surface area contributed by atoms with Crippen LogP contribution in [-0.4, -0.2) is 56.7 Å². The number of benzene rings is 1. The van der Waals surface area contributed by atoms with E-state index >= 15 is 0 Å². The van der Waals surface area contributed by atoms with Crippen LogP contribution in [-0.2, 0) is 14.3 Å². The Bertz CT molecular complexity index is 551. The van der Waals surface area contributed by atoms with Crippen molar-refractivity contribution in [2.45, 2.75) is 26.2 Å². The number of carbonyl (C=O) groups is 2. The van der Waals surface area contributed by atoms with Gasteiger partial charge in [0.15, 0.2) is 6.61 Å². The number of rotatable bonds is 8. The average molecular weight is 348 g/mol. The molecule has 2 rings (SSSR count). The zero-order valence-electron chi connectivity index (χ0n) is 15.1. The van der Waals surface area contributed by atoms with E-state index in [1.165, 1.54) is 0 Å². The lowest BCUT2D eigenvalue weighted by atomic mass is 9.96. The molecule has 1 aromatic rings. The molecular weight excluding hydrogens is 320 g/mol. The molecule has 1 saturated heterocycles. The summed E-state index contributed by atoms with van der Waals surface area (Å²) < 4.78 is 10.5. The fourth-order valence-corrected chi connectivity index (χ4v) is 2.83. The van der Waals surface area contributed by atoms with Gasteiger partial charge in [0.25, 0.3) is 5.91 Å². The quantitative estimate of drug-likeness (QED) is 0.727. The Labute approximate surface area is 149 Å². The molecule has 138 valence electrons. The van der Waals surface area contributed by atoms with E-state index in [1.54, 1.807) is 12.0 Å². The van der Waals surface area contributed by atoms with Gasteiger partial charge < -0.3 is 19.7 Å². The normalized spacial score (nSPS) is 15.0. The monoisotopic (exact) mass is 348 g/mol. The minimum Gasteiger partial charge on any atom is -0.484 e. The number of hydrogen-bond donors (Lipinski definition) is 1. The average Bonchev–Trinajstić information content (AvgIpc) is 2.64. The van der Waals surface area contributed by atoms with Crippen molar-refractivity contribution in [2.24, 2.45) is 5.92 Å². The zero-order valence-corrected chi connectivity index (χ0v) is 15.1. The molecule has 6 heteroatoms. The van der Waals surface area contributed by atoms with Crippen molar-refractivity contribution in [1.82, 2.24) is 10.2 Å². The minimum atomic E-state index is -0.0282. The number of hydrogen-bond acceptors (Lipinski definition) is 4. The Balaban J connectivity index is 1.67. The number of nitrogens with one attached hydrogen (secondary N) is 1. The summed E-state index contributed by atoms with van der Waals surface area (Å²) in [6.07, 6.45) is 2.22. The highest BCUT2D eigenvalue weighted by Gasteiger charge is 2.27. The van der Waals surface area contributed by atoms with Gasteiger partial charge in [-0.15, -0.1) is 0 Å². The topological polar surface area (TPSA) is 67.9 Å². The van der Waals surface area contributed by atoms with E-state index in [4.69, 9.17) is 9.47 Å². The first-order valence-electron chi connectivity index (χ1n) is 8.84. The van der Waals surface area contributed by atoms with E-state index < -0.39 is 0 Å². The van der Waals surface area contributed by atoms with Crippen molar-refractivity contribution in [1.29, 1.82) is 0 Å². The standard InChI is InChI=1S/C19H28N2O4/c1-15-4-6-17(7-5-15)25-14-18(22)21-11-8-16(9-12-21)19(23)20-10-3-13-24-2/h4-7,16H,3,8-14H2,1-2H3,(H,20,23). The largest absolute Gasteiger partial charge is 0.484 e. The van der Waals surface area contributed by atoms with E-state index in [9.17, 15) is 9.59 Å². The lowest BCUT2D eigenvalue weighted by Gasteiger charge is -2.31. The summed E-state index contributed by atoms with van der Waals surface area (Å²) in [4.78, 5) is 26.1. The van der Waals surface area contributed by atoms with Gasteiger partial charge >= 0.3 is 0 Å². The number of piperidine rings is 1. The zero-order chi connectivity index (χ0) is 18.1. The van der Waals surface area contributed by atoms with E-state index in [-0.39, 0.29) is 24.3 Å². The van der Waals surface area contributed by atoms with E-state index in [0.29, 0.717) is 44.8 Å². The first-order chi connectivity index (χ1) is 12.1. The van der Waals surface area contributed by atoms with E-state index in [0.717, 1.165) is 12.0 Å². The SMILES string of the molecule is COCCCNC(=O)C1CCN(C(=O)COc2ccc(C)cc2)CC1. The van der Waals surface area contributed by atoms with Crippen LogP contribution in [0, 0.1) is 12.8 Å². The molecule has 0 aromatic heterocycles. The predicted octanol–water partition coefficient (Wildman–Crippen LogP) is 1.77. The molecule has 1 heterocycles. The smallest absolute Gasteiger partial charge is 0.260 e. The highest BCUT2D eigenvalue weighted by atomic mass is 16.5. The fraction of sp³-hybridized carbons (Fsp3) is 0.579. The molecule has 25 heavy (non-hydrogen) atoms. The van der Waals surface area contributed by atoms with Crippen LogP contribution < -0.4 is 10.1 Å². The first-order valence-corrected chi connectivity index (χ1v) is 8.84. The van der Waals surface area contributed by atoms with Crippen LogP contribution in [0.3, 0.4) is 0 Å². The number of methoxy groups -OCH3 is 1. The van der Waals surface area contributed by atoms with E-state index in [2.05, 4.69) is 5.32 Å². The van der Waals surface area contributed by atoms with Crippen LogP contribution >= 0.6 is 0 Å². The molecule has 1 fully saturated rings. The molecular formula is C19H28N2O4. The van der Waals surface area contributed by atoms with Gasteiger partial charge in [0, 0.05) is 39.3 Å². The molecule has 0 spiro atoms. The predicted molar refractivity (Wildman–Crippen MR) is 95.5 cm³/mol. The van der Waals surface area contributed by atoms with Crippen molar-refractivity contribution >= 4 is 11.8 Å². The number of likely N-dealkylation sites (tertiary alicyclic amines) is 1. The highest BCUT2D eigenvalue weighted by Crippen LogP contribution is 2.18. The molecule has 0 aliphatic carbocycles. The number of aryl methyl sites for hydroxylation is 1. The van der Waals surface area contributed by atoms with Crippen LogP contribution in [0.1, 0.15) is 24.8 Å². The number of ether oxygens (including phenoxy) is 2. The first kappa shape index (κ1) is 19.2. The maximum Gasteiger partial charge on any atom is 0.260 e. The molecule has 1 aromatic carbocycles. The van der Waals surface area contributed by atoms with Crippen molar-refractivity contribution < 1.29 is 19.1 Å². The molecule has 6 nitrogen and oxygen atoms in total. The molecule has 1 aliphatic heterocycles. The lowest BCUT2D eigenvalue weighted by molar-refractivity contribution is -0.137. The Hall–Kier alpha value is -2.08. The summed E-state index contributed by atoms with van der Waals surface area (Å²) in [5.41, 5.74) is 1.15. The third-order valence-corrected chi connectivity index (χ3v) is 4.43. The maximum atomic E-state index is 12.2. The summed E-state index contributed by atoms with van der Waals surface area (Å²) in [6, 6.07) is 7.64. The van der Waals surface area contributed by atoms with Crippen LogP contribution in [0.15, 0.2) is 24.3 Å². The molecule has 0 bridgehead atoms. The number of amides is 2. The van der Waals surface area contributed by atoms with Gasteiger partial charge in [0.05, 0.1) is 0 Å². The molecule has 0 unspecified atom stereocenters. The molecule has 0 radical (unpaired) electrons. The van der Waals surface area contributed by atoms with Gasteiger partial charge in [-0.05, 0) is 38.3 Å². The van der Waals surface area contributed by atoms with Crippen LogP contribution in [0.25, 0.3) is 0 Å². The summed E-state index contributed by atoms with van der Waals surface area (Å²) in [5.74, 6) is 0.743. The maximum absolute atomic E-state index is 12.2. The summed E-state index contributed by atoms with van der Waals surface area (Å²) in [7, 11) is 1.65. The van der Waals surface area contributed by atoms with Gasteiger partial charge in [-0.25, -0.2) is 0 Å². The molecule has 1 aliphatic rings. The van der Waals surface area contributed by atoms with Crippen LogP contribution in [0.4, 0.5) is 0 Å². The third-order valence-electron chi connectivity index (χ3n) is 4.43. The Morgan fingerprint density at radius 3 is 2.52 bits per heavy atom. The molecule has 0 saturated carbocycles. The second kappa shape index (κ2) is 10.0. The Morgan fingerprint density at radius 2 is 1.88 bits per heavy atom. The molecule has 1 N–H and O–H groups in total. The fourth-order valence-electron chi connectivity index (χ4n) is 2.83. The van der Waals surface area contributed by atoms with Crippen molar-refractivity contribution in [3.8, 4) is 5.75 Å². The van der Waals surface area contributed by atoms with Crippen molar-refractivity contribution in [3.63, 3.8) is 0 Å². The summed E-state index contributed by atoms with van der Waals surface area (Å²) >= 11 is 0. The Kier molecular flexibility index (Phi) is 7.73. The second-order valence-corrected chi connectivity index (χ2v) is 6.39. The van der Waals surface area contributed by atoms with Crippen LogP contribution in [0.5, 0.6) is 5.75 Å². The highest BCUT2D eigenvalue weighted by molar-refractivity contribution is 5.80. The van der Waals surface area contributed by atoms with Crippen LogP contribution in [0.2, 0.25) is 0 Å². The lowest BCUT2D eigenvalue weighted by Crippen LogP contribution is -2.44. The number of carbonyl (C=O) groups excluding carboxylic acids is 2. The Morgan fingerprint density at radius 1 is 1.20 bits per heavy atom.